The Kier molecular flexibility index (Phi) is 3.54. The summed E-state index contributed by atoms with van der Waals surface area (Å²) in [4.78, 5) is 22.8. The van der Waals surface area contributed by atoms with Crippen molar-refractivity contribution in [2.24, 2.45) is 5.73 Å². The number of amides is 1. The van der Waals surface area contributed by atoms with Crippen LogP contribution in [0.2, 0.25) is 0 Å². The quantitative estimate of drug-likeness (QED) is 0.760. The van der Waals surface area contributed by atoms with Crippen LogP contribution in [0.5, 0.6) is 5.75 Å². The number of carbonyl (C=O) groups excluding carboxylic acids is 2. The number of benzene rings is 1. The first-order valence-electron chi connectivity index (χ1n) is 5.78. The molecule has 1 aliphatic rings. The Morgan fingerprint density at radius 1 is 1.43 bits per heavy atom. The lowest BCUT2D eigenvalue weighted by atomic mass is 10.1. The number of esters is 1. The van der Waals surface area contributed by atoms with Gasteiger partial charge >= 0.3 is 12.1 Å². The average molecular weight is 304 g/mol. The molecule has 3 N–H and O–H groups in total. The van der Waals surface area contributed by atoms with Crippen LogP contribution >= 0.6 is 0 Å². The molecule has 114 valence electrons. The van der Waals surface area contributed by atoms with Crippen LogP contribution in [0.15, 0.2) is 24.3 Å². The lowest BCUT2D eigenvalue weighted by Gasteiger charge is -2.32. The van der Waals surface area contributed by atoms with Gasteiger partial charge in [-0.25, -0.2) is 4.79 Å². The zero-order valence-electron chi connectivity index (χ0n) is 10.7. The first-order valence-corrected chi connectivity index (χ1v) is 5.78. The maximum atomic E-state index is 12.3. The Morgan fingerprint density at radius 3 is 2.67 bits per heavy atom. The number of hydrogen-bond acceptors (Lipinski definition) is 5. The van der Waals surface area contributed by atoms with Crippen LogP contribution in [-0.4, -0.2) is 29.9 Å². The minimum atomic E-state index is -5.23. The van der Waals surface area contributed by atoms with Crippen LogP contribution in [0.1, 0.15) is 6.92 Å². The van der Waals surface area contributed by atoms with Gasteiger partial charge in [0, 0.05) is 6.92 Å². The highest BCUT2D eigenvalue weighted by Crippen LogP contribution is 2.34. The maximum absolute atomic E-state index is 12.3. The Hall–Kier alpha value is -2.29. The van der Waals surface area contributed by atoms with E-state index in [-0.39, 0.29) is 11.4 Å². The molecule has 1 amide bonds. The summed E-state index contributed by atoms with van der Waals surface area (Å²) in [5.41, 5.74) is 5.76. The number of para-hydroxylation sites is 2. The second-order valence-corrected chi connectivity index (χ2v) is 4.47. The topological polar surface area (TPSA) is 90.6 Å². The highest BCUT2D eigenvalue weighted by Gasteiger charge is 2.51. The molecule has 2 rings (SSSR count). The molecule has 9 heteroatoms. The molecular formula is C12H11F3N2O4. The maximum Gasteiger partial charge on any atom is 0.491 e. The monoisotopic (exact) mass is 304 g/mol. The molecule has 0 aromatic heterocycles. The SMILES string of the molecule is C[C@@]1(OC(=O)C(F)(F)F)Oc2ccccc2NC(=O)[C@H]1N. The lowest BCUT2D eigenvalue weighted by molar-refractivity contribution is -0.239. The van der Waals surface area contributed by atoms with Gasteiger partial charge in [0.05, 0.1) is 5.69 Å². The van der Waals surface area contributed by atoms with E-state index >= 15 is 0 Å². The number of anilines is 1. The number of ether oxygens (including phenoxy) is 2. The number of hydrogen-bond donors (Lipinski definition) is 2. The van der Waals surface area contributed by atoms with Gasteiger partial charge in [0.1, 0.15) is 5.75 Å². The van der Waals surface area contributed by atoms with Gasteiger partial charge in [0.15, 0.2) is 6.04 Å². The van der Waals surface area contributed by atoms with E-state index in [1.54, 1.807) is 6.07 Å². The molecule has 0 fully saturated rings. The second-order valence-electron chi connectivity index (χ2n) is 4.47. The molecule has 0 spiro atoms. The number of rotatable bonds is 1. The molecule has 1 aliphatic heterocycles. The van der Waals surface area contributed by atoms with Gasteiger partial charge in [-0.3, -0.25) is 4.79 Å². The van der Waals surface area contributed by atoms with Gasteiger partial charge in [-0.2, -0.15) is 13.2 Å². The van der Waals surface area contributed by atoms with E-state index in [0.29, 0.717) is 0 Å². The Bertz CT molecular complexity index is 590. The van der Waals surface area contributed by atoms with Gasteiger partial charge in [-0.1, -0.05) is 12.1 Å². The molecule has 2 atom stereocenters. The smallest absolute Gasteiger partial charge is 0.448 e. The van der Waals surface area contributed by atoms with Crippen molar-refractivity contribution in [3.05, 3.63) is 24.3 Å². The molecule has 0 aliphatic carbocycles. The van der Waals surface area contributed by atoms with Gasteiger partial charge in [-0.05, 0) is 12.1 Å². The number of carbonyl (C=O) groups is 2. The number of alkyl halides is 3. The van der Waals surface area contributed by atoms with Gasteiger partial charge in [0.2, 0.25) is 5.91 Å². The fourth-order valence-electron chi connectivity index (χ4n) is 1.72. The van der Waals surface area contributed by atoms with Crippen molar-refractivity contribution in [3.63, 3.8) is 0 Å². The molecular weight excluding hydrogens is 293 g/mol. The molecule has 1 aromatic carbocycles. The Morgan fingerprint density at radius 2 is 2.05 bits per heavy atom. The minimum Gasteiger partial charge on any atom is -0.448 e. The van der Waals surface area contributed by atoms with Gasteiger partial charge < -0.3 is 20.5 Å². The van der Waals surface area contributed by atoms with Crippen LogP contribution in [0, 0.1) is 0 Å². The summed E-state index contributed by atoms with van der Waals surface area (Å²) in [5.74, 6) is -5.58. The predicted octanol–water partition coefficient (Wildman–Crippen LogP) is 1.17. The summed E-state index contributed by atoms with van der Waals surface area (Å²) in [7, 11) is 0. The van der Waals surface area contributed by atoms with E-state index in [4.69, 9.17) is 10.5 Å². The largest absolute Gasteiger partial charge is 0.491 e. The van der Waals surface area contributed by atoms with Crippen LogP contribution in [-0.2, 0) is 14.3 Å². The Labute approximate surface area is 117 Å². The van der Waals surface area contributed by atoms with Crippen molar-refractivity contribution in [3.8, 4) is 5.75 Å². The zero-order chi connectivity index (χ0) is 15.8. The second kappa shape index (κ2) is 4.92. The van der Waals surface area contributed by atoms with Gasteiger partial charge in [-0.15, -0.1) is 0 Å². The molecule has 1 heterocycles. The van der Waals surface area contributed by atoms with E-state index in [2.05, 4.69) is 10.1 Å². The third-order valence-corrected chi connectivity index (χ3v) is 2.83. The number of fused-ring (bicyclic) bond motifs is 1. The third kappa shape index (κ3) is 2.92. The number of halogens is 3. The van der Waals surface area contributed by atoms with Crippen molar-refractivity contribution in [2.45, 2.75) is 24.9 Å². The lowest BCUT2D eigenvalue weighted by Crippen LogP contribution is -2.58. The van der Waals surface area contributed by atoms with Crippen molar-refractivity contribution in [1.82, 2.24) is 0 Å². The van der Waals surface area contributed by atoms with Gasteiger partial charge in [0.25, 0.3) is 5.79 Å². The average Bonchev–Trinajstić information content (AvgIpc) is 2.46. The molecule has 0 saturated heterocycles. The summed E-state index contributed by atoms with van der Waals surface area (Å²) in [6.07, 6.45) is -5.23. The van der Waals surface area contributed by atoms with Crippen LogP contribution in [0.3, 0.4) is 0 Å². The highest BCUT2D eigenvalue weighted by molar-refractivity contribution is 5.97. The zero-order valence-corrected chi connectivity index (χ0v) is 10.7. The normalized spacial score (nSPS) is 25.2. The number of nitrogens with two attached hydrogens (primary N) is 1. The van der Waals surface area contributed by atoms with Crippen molar-refractivity contribution >= 4 is 17.6 Å². The van der Waals surface area contributed by atoms with E-state index in [1.165, 1.54) is 18.2 Å². The fraction of sp³-hybridized carbons (Fsp3) is 0.333. The van der Waals surface area contributed by atoms with Crippen LogP contribution < -0.4 is 15.8 Å². The Balaban J connectivity index is 2.37. The summed E-state index contributed by atoms with van der Waals surface area (Å²) in [6.45, 7) is 0.989. The molecule has 0 radical (unpaired) electrons. The van der Waals surface area contributed by atoms with E-state index in [0.717, 1.165) is 6.92 Å². The summed E-state index contributed by atoms with van der Waals surface area (Å²) in [6, 6.07) is 4.34. The van der Waals surface area contributed by atoms with Crippen molar-refractivity contribution in [2.75, 3.05) is 5.32 Å². The van der Waals surface area contributed by atoms with Crippen LogP contribution in [0.25, 0.3) is 0 Å². The molecule has 0 saturated carbocycles. The van der Waals surface area contributed by atoms with Crippen molar-refractivity contribution in [1.29, 1.82) is 0 Å². The molecule has 6 nitrogen and oxygen atoms in total. The highest BCUT2D eigenvalue weighted by atomic mass is 19.4. The first kappa shape index (κ1) is 15.1. The van der Waals surface area contributed by atoms with Crippen LogP contribution in [0.4, 0.5) is 18.9 Å². The molecule has 0 bridgehead atoms. The summed E-state index contributed by atoms with van der Waals surface area (Å²) >= 11 is 0. The summed E-state index contributed by atoms with van der Waals surface area (Å²) < 4.78 is 46.5. The molecule has 21 heavy (non-hydrogen) atoms. The van der Waals surface area contributed by atoms with E-state index in [9.17, 15) is 22.8 Å². The summed E-state index contributed by atoms with van der Waals surface area (Å²) in [5, 5.41) is 2.38. The first-order chi connectivity index (χ1) is 9.63. The van der Waals surface area contributed by atoms with E-state index in [1.807, 2.05) is 0 Å². The number of nitrogens with one attached hydrogen (secondary N) is 1. The fourth-order valence-corrected chi connectivity index (χ4v) is 1.72. The molecule has 0 unspecified atom stereocenters. The van der Waals surface area contributed by atoms with Crippen molar-refractivity contribution < 1.29 is 32.2 Å². The standard InChI is InChI=1S/C12H11F3N2O4/c1-11(21-10(19)12(13,14)15)8(16)9(18)17-6-4-2-3-5-7(6)20-11/h2-5,8H,16H2,1H3,(H,17,18)/t8-,11+/m1/s1. The molecule has 1 aromatic rings. The minimum absolute atomic E-state index is 0.0382. The van der Waals surface area contributed by atoms with E-state index < -0.39 is 29.9 Å². The third-order valence-electron chi connectivity index (χ3n) is 2.83. The predicted molar refractivity (Wildman–Crippen MR) is 64.2 cm³/mol.